The molecule has 0 bridgehead atoms. The van der Waals surface area contributed by atoms with Crippen LogP contribution in [0.1, 0.15) is 13.8 Å². The Balaban J connectivity index is 0.000000536. The van der Waals surface area contributed by atoms with Gasteiger partial charge in [0.2, 0.25) is 0 Å². The molecule has 0 N–H and O–H groups in total. The molecule has 0 amide bonds. The molecule has 49 heavy (non-hydrogen) atoms. The number of benzene rings is 7. The Labute approximate surface area is 291 Å². The summed E-state index contributed by atoms with van der Waals surface area (Å²) in [6, 6.07) is 52.6. The van der Waals surface area contributed by atoms with Gasteiger partial charge in [0.15, 0.2) is 0 Å². The lowest BCUT2D eigenvalue weighted by molar-refractivity contribution is 1.33. The van der Waals surface area contributed by atoms with Gasteiger partial charge < -0.3 is 0 Å². The Morgan fingerprint density at radius 2 is 1.02 bits per heavy atom. The highest BCUT2D eigenvalue weighted by atomic mass is 32.1. The van der Waals surface area contributed by atoms with Crippen LogP contribution in [-0.2, 0) is 0 Å². The molecule has 1 nitrogen and oxygen atoms in total. The van der Waals surface area contributed by atoms with E-state index in [2.05, 4.69) is 152 Å². The number of rotatable bonds is 4. The number of hydrogen-bond acceptors (Lipinski definition) is 2. The molecule has 0 aliphatic heterocycles. The van der Waals surface area contributed by atoms with E-state index in [1.54, 1.807) is 0 Å². The summed E-state index contributed by atoms with van der Waals surface area (Å²) in [7, 11) is 0. The van der Waals surface area contributed by atoms with Crippen molar-refractivity contribution in [2.24, 2.45) is 0 Å². The summed E-state index contributed by atoms with van der Waals surface area (Å²) in [5.74, 6) is 0. The zero-order valence-corrected chi connectivity index (χ0v) is 28.4. The first-order chi connectivity index (χ1) is 24.2. The normalized spacial score (nSPS) is 11.7. The third-order valence-electron chi connectivity index (χ3n) is 9.20. The molecule has 0 spiro atoms. The summed E-state index contributed by atoms with van der Waals surface area (Å²) < 4.78 is 2.66. The second-order valence-corrected chi connectivity index (χ2v) is 13.2. The molecule has 2 heteroatoms. The maximum absolute atomic E-state index is 5.04. The fraction of sp³-hybridized carbons (Fsp3) is 0.0426. The van der Waals surface area contributed by atoms with E-state index in [1.807, 2.05) is 49.5 Å². The van der Waals surface area contributed by atoms with Gasteiger partial charge in [-0.3, -0.25) is 4.98 Å². The van der Waals surface area contributed by atoms with E-state index in [-0.39, 0.29) is 0 Å². The Morgan fingerprint density at radius 3 is 1.63 bits per heavy atom. The standard InChI is InChI=1S/C41H25NS.C6H10/c1-2-11-27(12-3-1)39-31-14-6-8-16-33(31)40(34-17-9-7-15-32(34)39)29-19-22-37(42-25-29)28-20-23-38-36(24-28)35-21-18-26-10-4-5-13-30(26)41(35)43-38;1-3-5-6-4-2/h1-25H;3-6H,1-2H3/b;5-3-,6-4-. The predicted molar refractivity (Wildman–Crippen MR) is 216 cm³/mol. The minimum atomic E-state index is 0.986. The third-order valence-corrected chi connectivity index (χ3v) is 10.4. The first-order valence-electron chi connectivity index (χ1n) is 16.8. The number of nitrogens with zero attached hydrogens (tertiary/aromatic N) is 1. The molecule has 9 aromatic rings. The largest absolute Gasteiger partial charge is 0.256 e. The predicted octanol–water partition coefficient (Wildman–Crippen LogP) is 14.0. The molecule has 0 aliphatic rings. The van der Waals surface area contributed by atoms with Crippen molar-refractivity contribution in [2.45, 2.75) is 13.8 Å². The highest BCUT2D eigenvalue weighted by molar-refractivity contribution is 7.26. The van der Waals surface area contributed by atoms with Crippen LogP contribution >= 0.6 is 11.3 Å². The van der Waals surface area contributed by atoms with Gasteiger partial charge in [-0.2, -0.15) is 0 Å². The number of hydrogen-bond donors (Lipinski definition) is 0. The molecule has 0 saturated carbocycles. The summed E-state index contributed by atoms with van der Waals surface area (Å²) in [6.45, 7) is 4.00. The Morgan fingerprint density at radius 1 is 0.449 bits per heavy atom. The first-order valence-corrected chi connectivity index (χ1v) is 17.6. The Hall–Kier alpha value is -5.83. The van der Waals surface area contributed by atoms with Crippen molar-refractivity contribution >= 4 is 63.8 Å². The van der Waals surface area contributed by atoms with Crippen molar-refractivity contribution < 1.29 is 0 Å². The van der Waals surface area contributed by atoms with Gasteiger partial charge in [0.05, 0.1) is 5.69 Å². The van der Waals surface area contributed by atoms with Crippen molar-refractivity contribution in [3.63, 3.8) is 0 Å². The lowest BCUT2D eigenvalue weighted by Gasteiger charge is -2.17. The average Bonchev–Trinajstić information content (AvgIpc) is 3.55. The van der Waals surface area contributed by atoms with E-state index >= 15 is 0 Å². The van der Waals surface area contributed by atoms with Crippen molar-refractivity contribution in [3.05, 3.63) is 176 Å². The van der Waals surface area contributed by atoms with E-state index in [0.29, 0.717) is 0 Å². The van der Waals surface area contributed by atoms with Crippen molar-refractivity contribution in [3.8, 4) is 33.5 Å². The van der Waals surface area contributed by atoms with Gasteiger partial charge in [0, 0.05) is 37.5 Å². The highest BCUT2D eigenvalue weighted by Gasteiger charge is 2.17. The van der Waals surface area contributed by atoms with Crippen LogP contribution in [0.25, 0.3) is 86.0 Å². The van der Waals surface area contributed by atoms with Gasteiger partial charge in [-0.1, -0.05) is 152 Å². The number of allylic oxidation sites excluding steroid dienone is 4. The number of aromatic nitrogens is 1. The maximum Gasteiger partial charge on any atom is 0.0702 e. The zero-order valence-electron chi connectivity index (χ0n) is 27.6. The Kier molecular flexibility index (Phi) is 8.31. The highest BCUT2D eigenvalue weighted by Crippen LogP contribution is 2.44. The van der Waals surface area contributed by atoms with Crippen LogP contribution in [0.2, 0.25) is 0 Å². The summed E-state index contributed by atoms with van der Waals surface area (Å²) in [4.78, 5) is 5.04. The van der Waals surface area contributed by atoms with Crippen LogP contribution in [0.15, 0.2) is 176 Å². The quantitative estimate of drug-likeness (QED) is 0.137. The number of pyridine rings is 1. The van der Waals surface area contributed by atoms with Crippen molar-refractivity contribution in [1.29, 1.82) is 0 Å². The lowest BCUT2D eigenvalue weighted by atomic mass is 9.86. The summed E-state index contributed by atoms with van der Waals surface area (Å²) >= 11 is 1.88. The molecule has 0 unspecified atom stereocenters. The zero-order chi connectivity index (χ0) is 33.2. The second kappa shape index (κ2) is 13.4. The average molecular weight is 646 g/mol. The lowest BCUT2D eigenvalue weighted by Crippen LogP contribution is -1.91. The van der Waals surface area contributed by atoms with Crippen LogP contribution in [0.3, 0.4) is 0 Å². The van der Waals surface area contributed by atoms with Crippen LogP contribution in [0.5, 0.6) is 0 Å². The molecule has 9 rings (SSSR count). The van der Waals surface area contributed by atoms with Crippen molar-refractivity contribution in [1.82, 2.24) is 4.98 Å². The second-order valence-electron chi connectivity index (χ2n) is 12.2. The third kappa shape index (κ3) is 5.61. The summed E-state index contributed by atoms with van der Waals surface area (Å²) in [5, 5.41) is 10.2. The van der Waals surface area contributed by atoms with Gasteiger partial charge in [-0.25, -0.2) is 0 Å². The topological polar surface area (TPSA) is 12.9 Å². The maximum atomic E-state index is 5.04. The molecule has 2 aromatic heterocycles. The fourth-order valence-electron chi connectivity index (χ4n) is 6.95. The van der Waals surface area contributed by atoms with E-state index < -0.39 is 0 Å². The number of fused-ring (bicyclic) bond motifs is 7. The molecule has 0 aliphatic carbocycles. The van der Waals surface area contributed by atoms with Crippen LogP contribution in [0, 0.1) is 0 Å². The molecule has 2 heterocycles. The molecule has 234 valence electrons. The SMILES string of the molecule is C/C=C\C=C/C.c1ccc(-c2c3ccccc3c(-c3ccc(-c4ccc5sc6c7ccccc7ccc6c5c4)nc3)c3ccccc23)cc1. The van der Waals surface area contributed by atoms with Gasteiger partial charge in [0.25, 0.3) is 0 Å². The monoisotopic (exact) mass is 645 g/mol. The minimum Gasteiger partial charge on any atom is -0.256 e. The summed E-state index contributed by atoms with van der Waals surface area (Å²) in [6.07, 6.45) is 10.1. The molecular weight excluding hydrogens is 611 g/mol. The van der Waals surface area contributed by atoms with Gasteiger partial charge in [-0.15, -0.1) is 11.3 Å². The molecule has 0 atom stereocenters. The van der Waals surface area contributed by atoms with Crippen molar-refractivity contribution in [2.75, 3.05) is 0 Å². The molecule has 0 fully saturated rings. The molecular formula is C47H35NS. The first kappa shape index (κ1) is 30.5. The molecule has 0 saturated heterocycles. The van der Waals surface area contributed by atoms with Crippen LogP contribution in [-0.4, -0.2) is 4.98 Å². The molecule has 0 radical (unpaired) electrons. The number of thiophene rings is 1. The van der Waals surface area contributed by atoms with Gasteiger partial charge in [-0.05, 0) is 81.1 Å². The van der Waals surface area contributed by atoms with E-state index in [9.17, 15) is 0 Å². The Bertz CT molecular complexity index is 2590. The minimum absolute atomic E-state index is 0.986. The van der Waals surface area contributed by atoms with Gasteiger partial charge in [0.1, 0.15) is 0 Å². The van der Waals surface area contributed by atoms with E-state index in [1.165, 1.54) is 69.2 Å². The fourth-order valence-corrected chi connectivity index (χ4v) is 8.17. The smallest absolute Gasteiger partial charge is 0.0702 e. The van der Waals surface area contributed by atoms with Crippen LogP contribution in [0.4, 0.5) is 0 Å². The van der Waals surface area contributed by atoms with Crippen LogP contribution < -0.4 is 0 Å². The van der Waals surface area contributed by atoms with E-state index in [0.717, 1.165) is 16.8 Å². The van der Waals surface area contributed by atoms with Gasteiger partial charge >= 0.3 is 0 Å². The summed E-state index contributed by atoms with van der Waals surface area (Å²) in [5.41, 5.74) is 7.00. The molecule has 7 aromatic carbocycles. The van der Waals surface area contributed by atoms with E-state index in [4.69, 9.17) is 4.98 Å².